The van der Waals surface area contributed by atoms with Crippen LogP contribution in [-0.4, -0.2) is 0 Å². The normalized spacial score (nSPS) is 10.3. The van der Waals surface area contributed by atoms with Gasteiger partial charge in [0.15, 0.2) is 34.5 Å². The number of allylic oxidation sites excluding steroid dienone is 2. The predicted octanol–water partition coefficient (Wildman–Crippen LogP) is 5.15. The van der Waals surface area contributed by atoms with Crippen LogP contribution in [0.25, 0.3) is 0 Å². The lowest BCUT2D eigenvalue weighted by Crippen LogP contribution is -2.08. The summed E-state index contributed by atoms with van der Waals surface area (Å²) in [5, 5.41) is 28.9. The molecular formula is C18H6F6N4O. The minimum Gasteiger partial charge on any atom is -0.446 e. The largest absolute Gasteiger partial charge is 0.446 e. The first-order valence-corrected chi connectivity index (χ1v) is 7.36. The molecule has 0 atom stereocenters. The van der Waals surface area contributed by atoms with Crippen molar-refractivity contribution < 1.29 is 31.1 Å². The van der Waals surface area contributed by atoms with Gasteiger partial charge in [-0.1, -0.05) is 6.07 Å². The van der Waals surface area contributed by atoms with Crippen molar-refractivity contribution in [1.82, 2.24) is 0 Å². The SMILES string of the molecule is N#CC(C#N)=C(C#N)Nc1cccc(F)c1Oc1c(F)cc(C(F)(F)F)cc1F. The number of anilines is 1. The number of ether oxygens (including phenoxy) is 1. The molecule has 2 rings (SSSR count). The van der Waals surface area contributed by atoms with Crippen molar-refractivity contribution in [2.45, 2.75) is 6.18 Å². The summed E-state index contributed by atoms with van der Waals surface area (Å²) < 4.78 is 84.9. The second-order valence-corrected chi connectivity index (χ2v) is 5.20. The maximum Gasteiger partial charge on any atom is 0.416 e. The van der Waals surface area contributed by atoms with Gasteiger partial charge in [-0.3, -0.25) is 0 Å². The molecule has 0 aliphatic carbocycles. The number of para-hydroxylation sites is 1. The molecular weight excluding hydrogens is 402 g/mol. The molecule has 0 unspecified atom stereocenters. The van der Waals surface area contributed by atoms with Crippen molar-refractivity contribution in [3.05, 3.63) is 64.6 Å². The summed E-state index contributed by atoms with van der Waals surface area (Å²) in [4.78, 5) is 0. The number of rotatable bonds is 4. The summed E-state index contributed by atoms with van der Waals surface area (Å²) in [5.41, 5.74) is -3.31. The van der Waals surface area contributed by atoms with E-state index in [2.05, 4.69) is 5.32 Å². The first-order chi connectivity index (χ1) is 13.6. The third-order valence-electron chi connectivity index (χ3n) is 3.34. The van der Waals surface area contributed by atoms with Gasteiger partial charge in [-0.05, 0) is 24.3 Å². The molecule has 2 aromatic carbocycles. The molecule has 5 nitrogen and oxygen atoms in total. The number of nitriles is 3. The van der Waals surface area contributed by atoms with Crippen LogP contribution in [0.5, 0.6) is 11.5 Å². The summed E-state index contributed by atoms with van der Waals surface area (Å²) >= 11 is 0. The van der Waals surface area contributed by atoms with E-state index in [1.165, 1.54) is 18.2 Å². The monoisotopic (exact) mass is 408 g/mol. The Morgan fingerprint density at radius 3 is 1.93 bits per heavy atom. The Morgan fingerprint density at radius 2 is 1.45 bits per heavy atom. The fraction of sp³-hybridized carbons (Fsp3) is 0.0556. The molecule has 0 radical (unpaired) electrons. The highest BCUT2D eigenvalue weighted by atomic mass is 19.4. The fourth-order valence-electron chi connectivity index (χ4n) is 2.05. The third kappa shape index (κ3) is 4.57. The Hall–Kier alpha value is -4.17. The lowest BCUT2D eigenvalue weighted by Gasteiger charge is -2.15. The van der Waals surface area contributed by atoms with Crippen molar-refractivity contribution in [3.8, 4) is 29.7 Å². The Bertz CT molecular complexity index is 1080. The smallest absolute Gasteiger partial charge is 0.416 e. The summed E-state index contributed by atoms with van der Waals surface area (Å²) in [5.74, 6) is -6.90. The lowest BCUT2D eigenvalue weighted by atomic mass is 10.2. The predicted molar refractivity (Wildman–Crippen MR) is 85.3 cm³/mol. The van der Waals surface area contributed by atoms with Crippen molar-refractivity contribution in [2.75, 3.05) is 5.32 Å². The minimum absolute atomic E-state index is 0.0313. The van der Waals surface area contributed by atoms with E-state index in [0.717, 1.165) is 18.2 Å². The standard InChI is InChI=1S/C18H6F6N4O/c19-11-2-1-3-14(28-15(8-27)9(6-25)7-26)17(11)29-16-12(20)4-10(5-13(16)21)18(22,23)24/h1-5,28H. The molecule has 0 fully saturated rings. The molecule has 0 spiro atoms. The van der Waals surface area contributed by atoms with Gasteiger partial charge in [-0.15, -0.1) is 0 Å². The molecule has 2 aromatic rings. The van der Waals surface area contributed by atoms with Crippen LogP contribution in [-0.2, 0) is 6.18 Å². The topological polar surface area (TPSA) is 92.6 Å². The zero-order valence-electron chi connectivity index (χ0n) is 13.9. The van der Waals surface area contributed by atoms with Crippen LogP contribution in [0.2, 0.25) is 0 Å². The molecule has 146 valence electrons. The van der Waals surface area contributed by atoms with Crippen molar-refractivity contribution in [2.24, 2.45) is 0 Å². The third-order valence-corrected chi connectivity index (χ3v) is 3.34. The van der Waals surface area contributed by atoms with Crippen LogP contribution >= 0.6 is 0 Å². The molecule has 0 aromatic heterocycles. The van der Waals surface area contributed by atoms with Gasteiger partial charge in [0.05, 0.1) is 11.3 Å². The summed E-state index contributed by atoms with van der Waals surface area (Å²) in [7, 11) is 0. The first kappa shape index (κ1) is 21.1. The van der Waals surface area contributed by atoms with Crippen molar-refractivity contribution >= 4 is 5.69 Å². The second-order valence-electron chi connectivity index (χ2n) is 5.20. The van der Waals surface area contributed by atoms with Gasteiger partial charge in [0.1, 0.15) is 23.9 Å². The number of nitrogens with zero attached hydrogens (tertiary/aromatic N) is 3. The molecule has 0 bridgehead atoms. The van der Waals surface area contributed by atoms with Crippen LogP contribution in [0.1, 0.15) is 5.56 Å². The van der Waals surface area contributed by atoms with E-state index in [9.17, 15) is 26.3 Å². The molecule has 29 heavy (non-hydrogen) atoms. The lowest BCUT2D eigenvalue weighted by molar-refractivity contribution is -0.138. The van der Waals surface area contributed by atoms with Crippen molar-refractivity contribution in [3.63, 3.8) is 0 Å². The van der Waals surface area contributed by atoms with E-state index < -0.39 is 57.6 Å². The quantitative estimate of drug-likeness (QED) is 0.558. The number of halogens is 6. The molecule has 0 amide bonds. The average Bonchev–Trinajstić information content (AvgIpc) is 2.65. The zero-order valence-corrected chi connectivity index (χ0v) is 13.9. The molecule has 11 heteroatoms. The molecule has 0 saturated carbocycles. The highest BCUT2D eigenvalue weighted by Gasteiger charge is 2.33. The first-order valence-electron chi connectivity index (χ1n) is 7.36. The fourth-order valence-corrected chi connectivity index (χ4v) is 2.05. The number of nitrogens with one attached hydrogen (secondary N) is 1. The summed E-state index contributed by atoms with van der Waals surface area (Å²) in [6, 6.07) is 7.26. The number of hydrogen-bond acceptors (Lipinski definition) is 5. The van der Waals surface area contributed by atoms with E-state index in [0.29, 0.717) is 0 Å². The van der Waals surface area contributed by atoms with Crippen LogP contribution in [0.15, 0.2) is 41.6 Å². The van der Waals surface area contributed by atoms with Gasteiger partial charge < -0.3 is 10.1 Å². The van der Waals surface area contributed by atoms with Gasteiger partial charge in [0.2, 0.25) is 0 Å². The maximum absolute atomic E-state index is 14.2. The molecule has 0 aliphatic heterocycles. The van der Waals surface area contributed by atoms with Gasteiger partial charge >= 0.3 is 6.18 Å². The average molecular weight is 408 g/mol. The minimum atomic E-state index is -5.03. The summed E-state index contributed by atoms with van der Waals surface area (Å²) in [6.45, 7) is 0. The van der Waals surface area contributed by atoms with Crippen LogP contribution in [0, 0.1) is 51.4 Å². The van der Waals surface area contributed by atoms with Crippen LogP contribution in [0.4, 0.5) is 32.0 Å². The van der Waals surface area contributed by atoms with Crippen molar-refractivity contribution in [1.29, 1.82) is 15.8 Å². The van der Waals surface area contributed by atoms with E-state index in [1.807, 2.05) is 0 Å². The van der Waals surface area contributed by atoms with E-state index >= 15 is 0 Å². The van der Waals surface area contributed by atoms with Crippen LogP contribution in [0.3, 0.4) is 0 Å². The second kappa shape index (κ2) is 8.24. The maximum atomic E-state index is 14.2. The Morgan fingerprint density at radius 1 is 0.862 bits per heavy atom. The van der Waals surface area contributed by atoms with E-state index in [1.54, 1.807) is 0 Å². The highest BCUT2D eigenvalue weighted by Crippen LogP contribution is 2.38. The zero-order chi connectivity index (χ0) is 21.8. The Labute approximate surface area is 159 Å². The van der Waals surface area contributed by atoms with Crippen LogP contribution < -0.4 is 10.1 Å². The number of hydrogen-bond donors (Lipinski definition) is 1. The molecule has 1 N–H and O–H groups in total. The van der Waals surface area contributed by atoms with Gasteiger partial charge in [0.25, 0.3) is 0 Å². The summed E-state index contributed by atoms with van der Waals surface area (Å²) in [6.07, 6.45) is -5.03. The molecule has 0 saturated heterocycles. The van der Waals surface area contributed by atoms with Gasteiger partial charge in [0, 0.05) is 0 Å². The molecule has 0 aliphatic rings. The Kier molecular flexibility index (Phi) is 6.00. The number of benzene rings is 2. The van der Waals surface area contributed by atoms with E-state index in [-0.39, 0.29) is 12.1 Å². The number of alkyl halides is 3. The van der Waals surface area contributed by atoms with Gasteiger partial charge in [-0.2, -0.15) is 29.0 Å². The van der Waals surface area contributed by atoms with E-state index in [4.69, 9.17) is 20.5 Å². The molecule has 0 heterocycles. The Balaban J connectivity index is 2.54. The highest BCUT2D eigenvalue weighted by molar-refractivity contribution is 5.65. The van der Waals surface area contributed by atoms with Gasteiger partial charge in [-0.25, -0.2) is 13.2 Å².